The lowest BCUT2D eigenvalue weighted by atomic mass is 9.53. The van der Waals surface area contributed by atoms with Crippen molar-refractivity contribution >= 4 is 11.6 Å². The Morgan fingerprint density at radius 3 is 2.14 bits per heavy atom. The molecule has 5 fully saturated rings. The normalized spacial score (nSPS) is 37.2. The van der Waals surface area contributed by atoms with Crippen molar-refractivity contribution in [1.29, 1.82) is 0 Å². The number of carbonyl (C=O) groups is 1. The Hall–Kier alpha value is -1.35. The van der Waals surface area contributed by atoms with Crippen LogP contribution in [-0.4, -0.2) is 29.4 Å². The molecule has 6 rings (SSSR count). The molecule has 152 valence electrons. The molecule has 28 heavy (non-hydrogen) atoms. The maximum absolute atomic E-state index is 13.4. The van der Waals surface area contributed by atoms with E-state index in [1.807, 2.05) is 0 Å². The predicted octanol–water partition coefficient (Wildman–Crippen LogP) is 5.23. The number of rotatable bonds is 3. The minimum Gasteiger partial charge on any atom is -0.324 e. The average Bonchev–Trinajstić information content (AvgIpc) is 2.64. The lowest BCUT2D eigenvalue weighted by molar-refractivity contribution is -0.131. The molecule has 0 aromatic heterocycles. The van der Waals surface area contributed by atoms with E-state index >= 15 is 0 Å². The fourth-order valence-electron chi connectivity index (χ4n) is 7.61. The quantitative estimate of drug-likeness (QED) is 0.779. The molecular weight excluding hydrogens is 344 g/mol. The molecule has 1 aromatic carbocycles. The van der Waals surface area contributed by atoms with Gasteiger partial charge in [0.15, 0.2) is 0 Å². The van der Waals surface area contributed by atoms with E-state index in [1.165, 1.54) is 61.6 Å². The van der Waals surface area contributed by atoms with Gasteiger partial charge < -0.3 is 5.32 Å². The molecule has 0 radical (unpaired) electrons. The summed E-state index contributed by atoms with van der Waals surface area (Å²) in [6, 6.07) is 5.10. The number of nitrogens with one attached hydrogen (secondary N) is 1. The summed E-state index contributed by atoms with van der Waals surface area (Å²) in [4.78, 5) is 16.1. The summed E-state index contributed by atoms with van der Waals surface area (Å²) in [6.07, 6.45) is 10.7. The maximum Gasteiger partial charge on any atom is 0.241 e. The van der Waals surface area contributed by atoms with E-state index in [2.05, 4.69) is 43.1 Å². The number of piperidine rings is 1. The van der Waals surface area contributed by atoms with Gasteiger partial charge in [-0.15, -0.1) is 0 Å². The molecule has 0 spiro atoms. The van der Waals surface area contributed by atoms with E-state index in [9.17, 15) is 4.79 Å². The van der Waals surface area contributed by atoms with Crippen LogP contribution in [0.2, 0.25) is 0 Å². The van der Waals surface area contributed by atoms with Crippen LogP contribution >= 0.6 is 0 Å². The molecule has 3 nitrogen and oxygen atoms in total. The first-order chi connectivity index (χ1) is 13.5. The van der Waals surface area contributed by atoms with Crippen molar-refractivity contribution in [3.05, 3.63) is 28.8 Å². The molecular formula is C25H36N2O. The van der Waals surface area contributed by atoms with Crippen molar-refractivity contribution in [3.63, 3.8) is 0 Å². The largest absolute Gasteiger partial charge is 0.324 e. The van der Waals surface area contributed by atoms with Gasteiger partial charge in [-0.25, -0.2) is 0 Å². The second-order valence-electron chi connectivity index (χ2n) is 10.4. The second-order valence-corrected chi connectivity index (χ2v) is 10.4. The minimum absolute atomic E-state index is 0.0661. The molecule has 0 unspecified atom stereocenters. The Kier molecular flexibility index (Phi) is 4.77. The number of benzene rings is 1. The van der Waals surface area contributed by atoms with Crippen LogP contribution in [0.4, 0.5) is 5.69 Å². The smallest absolute Gasteiger partial charge is 0.241 e. The fourth-order valence-corrected chi connectivity index (χ4v) is 7.61. The predicted molar refractivity (Wildman–Crippen MR) is 114 cm³/mol. The van der Waals surface area contributed by atoms with Gasteiger partial charge in [-0.2, -0.15) is 0 Å². The van der Waals surface area contributed by atoms with Crippen LogP contribution in [-0.2, 0) is 4.79 Å². The van der Waals surface area contributed by atoms with Gasteiger partial charge >= 0.3 is 0 Å². The van der Waals surface area contributed by atoms with Gasteiger partial charge in [-0.1, -0.05) is 24.1 Å². The highest BCUT2D eigenvalue weighted by atomic mass is 16.2. The van der Waals surface area contributed by atoms with Crippen molar-refractivity contribution in [3.8, 4) is 0 Å². The summed E-state index contributed by atoms with van der Waals surface area (Å²) in [6.45, 7) is 7.48. The van der Waals surface area contributed by atoms with Gasteiger partial charge in [0.05, 0.1) is 6.04 Å². The molecule has 4 bridgehead atoms. The Morgan fingerprint density at radius 1 is 0.929 bits per heavy atom. The van der Waals surface area contributed by atoms with Gasteiger partial charge in [0.2, 0.25) is 5.91 Å². The zero-order chi connectivity index (χ0) is 19.4. The standard InChI is InChI=1S/C25H36N2O/c1-15-8-16(2)23(17(3)9-15)26-25(28)22-6-4-5-7-27(22)24-20-11-18-10-19(13-20)14-21(24)12-18/h8-9,18-22,24H,4-7,10-14H2,1-3H3,(H,26,28)/t18?,19?,20?,21?,22-,24?/m1/s1. The highest BCUT2D eigenvalue weighted by molar-refractivity contribution is 5.96. The lowest BCUT2D eigenvalue weighted by Crippen LogP contribution is -2.61. The number of hydrogen-bond acceptors (Lipinski definition) is 2. The summed E-state index contributed by atoms with van der Waals surface area (Å²) in [5, 5.41) is 3.35. The fraction of sp³-hybridized carbons (Fsp3) is 0.720. The minimum atomic E-state index is 0.0661. The Bertz CT molecular complexity index is 719. The van der Waals surface area contributed by atoms with Crippen LogP contribution in [0, 0.1) is 44.4 Å². The molecule has 1 heterocycles. The molecule has 1 saturated heterocycles. The molecule has 1 aliphatic heterocycles. The number of carbonyl (C=O) groups excluding carboxylic acids is 1. The van der Waals surface area contributed by atoms with Crippen LogP contribution < -0.4 is 5.32 Å². The lowest BCUT2D eigenvalue weighted by Gasteiger charge is -2.59. The van der Waals surface area contributed by atoms with Crippen molar-refractivity contribution in [2.45, 2.75) is 84.2 Å². The van der Waals surface area contributed by atoms with Crippen LogP contribution in [0.5, 0.6) is 0 Å². The zero-order valence-corrected chi connectivity index (χ0v) is 17.8. The van der Waals surface area contributed by atoms with Gasteiger partial charge in [0.1, 0.15) is 0 Å². The molecule has 4 aliphatic carbocycles. The van der Waals surface area contributed by atoms with E-state index < -0.39 is 0 Å². The number of aryl methyl sites for hydroxylation is 3. The number of amides is 1. The highest BCUT2D eigenvalue weighted by Gasteiger charge is 2.51. The first-order valence-electron chi connectivity index (χ1n) is 11.6. The third-order valence-electron chi connectivity index (χ3n) is 8.33. The third-order valence-corrected chi connectivity index (χ3v) is 8.33. The summed E-state index contributed by atoms with van der Waals surface area (Å²) in [5.74, 6) is 3.94. The molecule has 3 heteroatoms. The third kappa shape index (κ3) is 3.20. The molecule has 1 amide bonds. The average molecular weight is 381 g/mol. The van der Waals surface area contributed by atoms with Crippen molar-refractivity contribution in [2.75, 3.05) is 11.9 Å². The van der Waals surface area contributed by atoms with Crippen LogP contribution in [0.25, 0.3) is 0 Å². The zero-order valence-electron chi connectivity index (χ0n) is 17.8. The SMILES string of the molecule is Cc1cc(C)c(NC(=O)[C@H]2CCCCN2C2C3CC4CC(C3)CC2C4)c(C)c1. The number of anilines is 1. The van der Waals surface area contributed by atoms with E-state index in [1.54, 1.807) is 0 Å². The molecule has 4 saturated carbocycles. The molecule has 1 N–H and O–H groups in total. The van der Waals surface area contributed by atoms with Crippen molar-refractivity contribution in [2.24, 2.45) is 23.7 Å². The Labute approximate surface area is 170 Å². The summed E-state index contributed by atoms with van der Waals surface area (Å²) in [5.41, 5.74) is 4.66. The first kappa shape index (κ1) is 18.7. The number of nitrogens with zero attached hydrogens (tertiary/aromatic N) is 1. The number of likely N-dealkylation sites (tertiary alicyclic amines) is 1. The molecule has 1 atom stereocenters. The van der Waals surface area contributed by atoms with Crippen molar-refractivity contribution < 1.29 is 4.79 Å². The van der Waals surface area contributed by atoms with E-state index in [0.29, 0.717) is 6.04 Å². The van der Waals surface area contributed by atoms with E-state index in [4.69, 9.17) is 0 Å². The summed E-state index contributed by atoms with van der Waals surface area (Å²) in [7, 11) is 0. The van der Waals surface area contributed by atoms with Crippen LogP contribution in [0.3, 0.4) is 0 Å². The molecule has 1 aromatic rings. The van der Waals surface area contributed by atoms with E-state index in [0.717, 1.165) is 42.3 Å². The van der Waals surface area contributed by atoms with Gasteiger partial charge in [-0.3, -0.25) is 9.69 Å². The van der Waals surface area contributed by atoms with Crippen LogP contribution in [0.15, 0.2) is 12.1 Å². The van der Waals surface area contributed by atoms with Crippen LogP contribution in [0.1, 0.15) is 68.1 Å². The maximum atomic E-state index is 13.4. The topological polar surface area (TPSA) is 32.3 Å². The first-order valence-corrected chi connectivity index (χ1v) is 11.6. The Balaban J connectivity index is 1.37. The monoisotopic (exact) mass is 380 g/mol. The molecule has 5 aliphatic rings. The Morgan fingerprint density at radius 2 is 1.54 bits per heavy atom. The van der Waals surface area contributed by atoms with Gasteiger partial charge in [-0.05, 0) is 107 Å². The second kappa shape index (κ2) is 7.16. The highest BCUT2D eigenvalue weighted by Crippen LogP contribution is 2.55. The van der Waals surface area contributed by atoms with Crippen molar-refractivity contribution in [1.82, 2.24) is 4.90 Å². The van der Waals surface area contributed by atoms with E-state index in [-0.39, 0.29) is 11.9 Å². The summed E-state index contributed by atoms with van der Waals surface area (Å²) >= 11 is 0. The number of hydrogen-bond donors (Lipinski definition) is 1. The van der Waals surface area contributed by atoms with Gasteiger partial charge in [0, 0.05) is 11.7 Å². The summed E-state index contributed by atoms with van der Waals surface area (Å²) < 4.78 is 0. The van der Waals surface area contributed by atoms with Gasteiger partial charge in [0.25, 0.3) is 0 Å².